The summed E-state index contributed by atoms with van der Waals surface area (Å²) >= 11 is 0. The van der Waals surface area contributed by atoms with Crippen molar-refractivity contribution in [3.05, 3.63) is 35.9 Å². The van der Waals surface area contributed by atoms with Crippen LogP contribution in [-0.4, -0.2) is 30.4 Å². The zero-order valence-corrected chi connectivity index (χ0v) is 13.5. The molecule has 1 saturated heterocycles. The van der Waals surface area contributed by atoms with E-state index in [1.807, 2.05) is 23.1 Å². The zero-order chi connectivity index (χ0) is 15.5. The molecule has 1 heterocycles. The monoisotopic (exact) mass is 288 g/mol. The van der Waals surface area contributed by atoms with E-state index >= 15 is 0 Å². The second-order valence-electron chi connectivity index (χ2n) is 7.26. The first kappa shape index (κ1) is 16.0. The van der Waals surface area contributed by atoms with E-state index in [-0.39, 0.29) is 17.2 Å². The molecule has 3 heteroatoms. The van der Waals surface area contributed by atoms with Gasteiger partial charge in [-0.2, -0.15) is 0 Å². The Balaban J connectivity index is 1.98. The van der Waals surface area contributed by atoms with Crippen molar-refractivity contribution in [3.8, 4) is 0 Å². The molecule has 21 heavy (non-hydrogen) atoms. The highest BCUT2D eigenvalue weighted by Gasteiger charge is 2.35. The summed E-state index contributed by atoms with van der Waals surface area (Å²) in [7, 11) is 0. The van der Waals surface area contributed by atoms with Crippen LogP contribution < -0.4 is 5.73 Å². The van der Waals surface area contributed by atoms with Gasteiger partial charge in [0, 0.05) is 19.6 Å². The predicted octanol–water partition coefficient (Wildman–Crippen LogP) is 2.70. The van der Waals surface area contributed by atoms with Crippen LogP contribution in [0.1, 0.15) is 32.8 Å². The van der Waals surface area contributed by atoms with Crippen LogP contribution in [-0.2, 0) is 11.2 Å². The van der Waals surface area contributed by atoms with Crippen molar-refractivity contribution in [1.82, 2.24) is 4.90 Å². The van der Waals surface area contributed by atoms with E-state index < -0.39 is 0 Å². The number of nitrogens with zero attached hydrogens (tertiary/aromatic N) is 1. The molecule has 0 saturated carbocycles. The van der Waals surface area contributed by atoms with E-state index in [2.05, 4.69) is 32.9 Å². The Morgan fingerprint density at radius 1 is 1.33 bits per heavy atom. The third-order valence-corrected chi connectivity index (χ3v) is 4.68. The van der Waals surface area contributed by atoms with Gasteiger partial charge in [0.15, 0.2) is 0 Å². The van der Waals surface area contributed by atoms with Gasteiger partial charge in [-0.15, -0.1) is 0 Å². The lowest BCUT2D eigenvalue weighted by atomic mass is 9.80. The van der Waals surface area contributed by atoms with E-state index in [0.717, 1.165) is 25.9 Å². The molecule has 1 aromatic carbocycles. The van der Waals surface area contributed by atoms with E-state index in [1.54, 1.807) is 0 Å². The average Bonchev–Trinajstić information content (AvgIpc) is 2.95. The Kier molecular flexibility index (Phi) is 5.04. The van der Waals surface area contributed by atoms with Gasteiger partial charge in [0.05, 0.1) is 5.92 Å². The summed E-state index contributed by atoms with van der Waals surface area (Å²) < 4.78 is 0. The number of hydrogen-bond acceptors (Lipinski definition) is 2. The number of benzene rings is 1. The Morgan fingerprint density at radius 2 is 2.00 bits per heavy atom. The van der Waals surface area contributed by atoms with Crippen LogP contribution in [0.15, 0.2) is 30.3 Å². The maximum Gasteiger partial charge on any atom is 0.227 e. The Hall–Kier alpha value is -1.35. The van der Waals surface area contributed by atoms with E-state index in [4.69, 9.17) is 5.73 Å². The Morgan fingerprint density at radius 3 is 2.52 bits per heavy atom. The van der Waals surface area contributed by atoms with Gasteiger partial charge in [-0.3, -0.25) is 4.79 Å². The minimum absolute atomic E-state index is 0.0916. The molecule has 1 aromatic rings. The lowest BCUT2D eigenvalue weighted by Crippen LogP contribution is -2.39. The molecule has 0 aliphatic carbocycles. The molecule has 2 N–H and O–H groups in total. The Bertz CT molecular complexity index is 464. The molecule has 1 aliphatic heterocycles. The van der Waals surface area contributed by atoms with Gasteiger partial charge < -0.3 is 10.6 Å². The highest BCUT2D eigenvalue weighted by Crippen LogP contribution is 2.34. The molecular weight excluding hydrogens is 260 g/mol. The van der Waals surface area contributed by atoms with Crippen molar-refractivity contribution in [2.45, 2.75) is 33.6 Å². The van der Waals surface area contributed by atoms with Gasteiger partial charge in [0.2, 0.25) is 5.91 Å². The largest absolute Gasteiger partial charge is 0.342 e. The third-order valence-electron chi connectivity index (χ3n) is 4.68. The minimum Gasteiger partial charge on any atom is -0.342 e. The molecule has 1 aliphatic rings. The maximum atomic E-state index is 12.7. The van der Waals surface area contributed by atoms with Crippen molar-refractivity contribution in [1.29, 1.82) is 0 Å². The van der Waals surface area contributed by atoms with Gasteiger partial charge in [0.1, 0.15) is 0 Å². The van der Waals surface area contributed by atoms with E-state index in [0.29, 0.717) is 12.5 Å². The van der Waals surface area contributed by atoms with Crippen molar-refractivity contribution in [2.75, 3.05) is 19.6 Å². The van der Waals surface area contributed by atoms with Crippen LogP contribution >= 0.6 is 0 Å². The molecular formula is C18H28N2O. The highest BCUT2D eigenvalue weighted by atomic mass is 16.2. The number of rotatable bonds is 4. The van der Waals surface area contributed by atoms with Crippen molar-refractivity contribution < 1.29 is 4.79 Å². The third kappa shape index (κ3) is 4.07. The van der Waals surface area contributed by atoms with Crippen molar-refractivity contribution >= 4 is 5.91 Å². The molecule has 0 spiro atoms. The normalized spacial score (nSPS) is 20.6. The van der Waals surface area contributed by atoms with E-state index in [9.17, 15) is 4.79 Å². The van der Waals surface area contributed by atoms with Gasteiger partial charge >= 0.3 is 0 Å². The first-order valence-electron chi connectivity index (χ1n) is 7.94. The van der Waals surface area contributed by atoms with Gasteiger partial charge in [-0.05, 0) is 29.7 Å². The van der Waals surface area contributed by atoms with Crippen LogP contribution in [0.2, 0.25) is 0 Å². The quantitative estimate of drug-likeness (QED) is 0.926. The first-order chi connectivity index (χ1) is 9.91. The predicted molar refractivity (Wildman–Crippen MR) is 86.8 cm³/mol. The lowest BCUT2D eigenvalue weighted by Gasteiger charge is -2.28. The van der Waals surface area contributed by atoms with E-state index in [1.165, 1.54) is 5.56 Å². The maximum absolute atomic E-state index is 12.7. The smallest absolute Gasteiger partial charge is 0.227 e. The van der Waals surface area contributed by atoms with Crippen molar-refractivity contribution in [2.24, 2.45) is 23.0 Å². The topological polar surface area (TPSA) is 46.3 Å². The molecule has 0 bridgehead atoms. The molecule has 2 atom stereocenters. The Labute approximate surface area is 128 Å². The molecule has 2 unspecified atom stereocenters. The highest BCUT2D eigenvalue weighted by molar-refractivity contribution is 5.79. The number of likely N-dealkylation sites (tertiary alicyclic amines) is 1. The molecule has 1 amide bonds. The number of carbonyl (C=O) groups is 1. The molecule has 3 nitrogen and oxygen atoms in total. The SMILES string of the molecule is CC(C)(C)C1CCN(C(=O)C(CN)Cc2ccccc2)C1. The van der Waals surface area contributed by atoms with Crippen LogP contribution in [0.4, 0.5) is 0 Å². The lowest BCUT2D eigenvalue weighted by molar-refractivity contribution is -0.134. The standard InChI is InChI=1S/C18H28N2O/c1-18(2,3)16-9-10-20(13-16)17(21)15(12-19)11-14-7-5-4-6-8-14/h4-8,15-16H,9-13,19H2,1-3H3. The number of hydrogen-bond donors (Lipinski definition) is 1. The number of carbonyl (C=O) groups excluding carboxylic acids is 1. The molecule has 116 valence electrons. The molecule has 0 aromatic heterocycles. The summed E-state index contributed by atoms with van der Waals surface area (Å²) in [6.45, 7) is 8.96. The van der Waals surface area contributed by atoms with Crippen LogP contribution in [0.25, 0.3) is 0 Å². The first-order valence-corrected chi connectivity index (χ1v) is 7.94. The van der Waals surface area contributed by atoms with Crippen LogP contribution in [0.5, 0.6) is 0 Å². The molecule has 0 radical (unpaired) electrons. The summed E-state index contributed by atoms with van der Waals surface area (Å²) in [5, 5.41) is 0. The van der Waals surface area contributed by atoms with Gasteiger partial charge in [-0.1, -0.05) is 51.1 Å². The number of nitrogens with two attached hydrogens (primary N) is 1. The molecule has 1 fully saturated rings. The van der Waals surface area contributed by atoms with Gasteiger partial charge in [-0.25, -0.2) is 0 Å². The minimum atomic E-state index is -0.0916. The van der Waals surface area contributed by atoms with Crippen molar-refractivity contribution in [3.63, 3.8) is 0 Å². The summed E-state index contributed by atoms with van der Waals surface area (Å²) in [6.07, 6.45) is 1.85. The second-order valence-corrected chi connectivity index (χ2v) is 7.26. The summed E-state index contributed by atoms with van der Waals surface area (Å²) in [4.78, 5) is 14.7. The fourth-order valence-electron chi connectivity index (χ4n) is 3.10. The van der Waals surface area contributed by atoms with Crippen LogP contribution in [0.3, 0.4) is 0 Å². The second kappa shape index (κ2) is 6.61. The van der Waals surface area contributed by atoms with Crippen LogP contribution in [0, 0.1) is 17.3 Å². The fraction of sp³-hybridized carbons (Fsp3) is 0.611. The number of amides is 1. The summed E-state index contributed by atoms with van der Waals surface area (Å²) in [6, 6.07) is 10.2. The van der Waals surface area contributed by atoms with Gasteiger partial charge in [0.25, 0.3) is 0 Å². The summed E-state index contributed by atoms with van der Waals surface area (Å²) in [5.41, 5.74) is 7.32. The average molecular weight is 288 g/mol. The fourth-order valence-corrected chi connectivity index (χ4v) is 3.10. The zero-order valence-electron chi connectivity index (χ0n) is 13.5. The molecule has 2 rings (SSSR count). The summed E-state index contributed by atoms with van der Waals surface area (Å²) in [5.74, 6) is 0.732.